The summed E-state index contributed by atoms with van der Waals surface area (Å²) >= 11 is 0. The smallest absolute Gasteiger partial charge is 0.252 e. The van der Waals surface area contributed by atoms with E-state index < -0.39 is 30.9 Å². The van der Waals surface area contributed by atoms with Gasteiger partial charge in [0.2, 0.25) is 0 Å². The summed E-state index contributed by atoms with van der Waals surface area (Å²) in [5.41, 5.74) is 22.2. The van der Waals surface area contributed by atoms with E-state index in [1.165, 1.54) is 5.56 Å². The fourth-order valence-electron chi connectivity index (χ4n) is 13.6. The number of para-hydroxylation sites is 4. The van der Waals surface area contributed by atoms with Crippen molar-refractivity contribution in [3.63, 3.8) is 0 Å². The van der Waals surface area contributed by atoms with Crippen molar-refractivity contribution in [2.45, 2.75) is 26.2 Å². The molecule has 2 aliphatic heterocycles. The minimum absolute atomic E-state index is 0.0147. The first kappa shape index (κ1) is 43.0. The second kappa shape index (κ2) is 20.6. The molecular formula is C82H60BN3. The van der Waals surface area contributed by atoms with Gasteiger partial charge in [-0.2, -0.15) is 0 Å². The van der Waals surface area contributed by atoms with Gasteiger partial charge in [0, 0.05) is 61.5 Å². The van der Waals surface area contributed by atoms with E-state index in [1.54, 1.807) is 4.57 Å². The normalized spacial score (nSPS) is 13.8. The second-order valence-electron chi connectivity index (χ2n) is 23.4. The first-order valence-electron chi connectivity index (χ1n) is 33.4. The molecule has 0 saturated heterocycles. The molecule has 4 heteroatoms. The van der Waals surface area contributed by atoms with Gasteiger partial charge in [0.15, 0.2) is 0 Å². The predicted octanol–water partition coefficient (Wildman–Crippen LogP) is 20.2. The minimum Gasteiger partial charge on any atom is -0.310 e. The van der Waals surface area contributed by atoms with Gasteiger partial charge in [0.1, 0.15) is 0 Å². The molecule has 0 fully saturated rings. The van der Waals surface area contributed by atoms with Crippen LogP contribution in [0.2, 0.25) is 0 Å². The van der Waals surface area contributed by atoms with Crippen molar-refractivity contribution in [2.24, 2.45) is 0 Å². The quantitative estimate of drug-likeness (QED) is 0.133. The number of nitrogens with zero attached hydrogens (tertiary/aromatic N) is 3. The molecule has 86 heavy (non-hydrogen) atoms. The van der Waals surface area contributed by atoms with Crippen LogP contribution in [0.5, 0.6) is 0 Å². The highest BCUT2D eigenvalue weighted by Gasteiger charge is 2.46. The van der Waals surface area contributed by atoms with Crippen LogP contribution in [-0.4, -0.2) is 11.3 Å². The monoisotopic (exact) mass is 1110 g/mol. The second-order valence-corrected chi connectivity index (χ2v) is 23.4. The number of anilines is 6. The van der Waals surface area contributed by atoms with Gasteiger partial charge in [0.05, 0.1) is 33.4 Å². The van der Waals surface area contributed by atoms with Gasteiger partial charge in [-0.1, -0.05) is 288 Å². The van der Waals surface area contributed by atoms with Gasteiger partial charge >= 0.3 is 0 Å². The number of hydrogen-bond donors (Lipinski definition) is 0. The molecule has 3 heterocycles. The number of rotatable bonds is 9. The Balaban J connectivity index is 1.13. The van der Waals surface area contributed by atoms with E-state index in [4.69, 9.17) is 5.48 Å². The van der Waals surface area contributed by atoms with E-state index in [9.17, 15) is 5.48 Å². The van der Waals surface area contributed by atoms with Crippen molar-refractivity contribution in [3.8, 4) is 72.4 Å². The van der Waals surface area contributed by atoms with Gasteiger partial charge in [-0.05, 0) is 114 Å². The topological polar surface area (TPSA) is 11.4 Å². The van der Waals surface area contributed by atoms with E-state index >= 15 is 0 Å². The highest BCUT2D eigenvalue weighted by molar-refractivity contribution is 7.00. The Bertz CT molecular complexity index is 5200. The molecule has 1 aromatic heterocycles. The van der Waals surface area contributed by atoms with Crippen LogP contribution in [0.3, 0.4) is 0 Å². The standard InChI is InChI=1S/C82H60BN3/c1-82(2,3)70-54-76-72(53-69(70)60-38-20-9-21-39-60)83-71-49-48-62(84-73-46-24-22-40-67(73)68-41-23-25-47-74(68)84)52-75(71)85(80-63(56-30-12-5-13-31-56)42-26-43-64(80)57-32-14-6-15-33-57)77-50-61(55-28-10-4-11-29-55)51-78(79(77)83)86(76)81-65(58-34-16-7-17-35-58)44-27-45-66(81)59-36-18-8-19-37-59/h4-54H,1-3H3/i22D,23D,24D,25D,40D,41D,46D,47D. The highest BCUT2D eigenvalue weighted by Crippen LogP contribution is 2.55. The Morgan fingerprint density at radius 1 is 0.326 bits per heavy atom. The number of fused-ring (bicyclic) bond motifs is 7. The summed E-state index contributed by atoms with van der Waals surface area (Å²) < 4.78 is 76.3. The summed E-state index contributed by atoms with van der Waals surface area (Å²) in [6.45, 7) is 6.40. The Morgan fingerprint density at radius 3 is 1.13 bits per heavy atom. The molecule has 0 unspecified atom stereocenters. The third-order valence-electron chi connectivity index (χ3n) is 17.3. The van der Waals surface area contributed by atoms with Crippen molar-refractivity contribution >= 4 is 79.0 Å². The molecule has 2 aliphatic rings. The third kappa shape index (κ3) is 8.35. The summed E-state index contributed by atoms with van der Waals surface area (Å²) in [4.78, 5) is 4.97. The Hall–Kier alpha value is -10.7. The Labute approximate surface area is 515 Å². The first-order valence-corrected chi connectivity index (χ1v) is 29.4. The zero-order valence-corrected chi connectivity index (χ0v) is 47.7. The van der Waals surface area contributed by atoms with Crippen LogP contribution in [-0.2, 0) is 5.41 Å². The SMILES string of the molecule is [2H]c1c([2H])c([2H])c2c(c1[2H])c1c([2H])c([2H])c([2H])c([2H])c1n2-c1ccc2c(c1)N(c1c(-c3ccccc3)cccc1-c1ccccc1)c1cc(-c3ccccc3)cc3c1B2c1cc(-c2ccccc2)c(C(C)(C)C)cc1N3c1c(-c2ccccc2)cccc1-c1ccccc1. The van der Waals surface area contributed by atoms with Gasteiger partial charge in [-0.15, -0.1) is 0 Å². The third-order valence-corrected chi connectivity index (χ3v) is 17.3. The molecule has 14 aromatic rings. The van der Waals surface area contributed by atoms with Gasteiger partial charge in [0.25, 0.3) is 6.71 Å². The van der Waals surface area contributed by atoms with Crippen molar-refractivity contribution in [3.05, 3.63) is 315 Å². The van der Waals surface area contributed by atoms with Crippen molar-refractivity contribution in [1.82, 2.24) is 4.57 Å². The van der Waals surface area contributed by atoms with E-state index in [1.807, 2.05) is 24.3 Å². The summed E-state index contributed by atoms with van der Waals surface area (Å²) in [6, 6.07) is 89.0. The molecule has 0 spiro atoms. The zero-order chi connectivity index (χ0) is 64.4. The van der Waals surface area contributed by atoms with E-state index in [0.29, 0.717) is 5.69 Å². The Kier molecular flexibility index (Phi) is 10.3. The van der Waals surface area contributed by atoms with Crippen molar-refractivity contribution in [2.75, 3.05) is 9.80 Å². The molecule has 0 bridgehead atoms. The maximum atomic E-state index is 9.72. The van der Waals surface area contributed by atoms with E-state index in [-0.39, 0.29) is 51.4 Å². The average Bonchev–Trinajstić information content (AvgIpc) is 0.854. The fraction of sp³-hybridized carbons (Fsp3) is 0.0488. The number of aromatic nitrogens is 1. The van der Waals surface area contributed by atoms with Gasteiger partial charge in [-0.25, -0.2) is 0 Å². The minimum atomic E-state index is -0.495. The molecule has 406 valence electrons. The summed E-state index contributed by atoms with van der Waals surface area (Å²) in [5.74, 6) is 0. The molecule has 16 rings (SSSR count). The molecule has 0 amide bonds. The number of benzene rings is 13. The largest absolute Gasteiger partial charge is 0.310 e. The number of hydrogen-bond acceptors (Lipinski definition) is 2. The van der Waals surface area contributed by atoms with E-state index in [0.717, 1.165) is 117 Å². The van der Waals surface area contributed by atoms with E-state index in [2.05, 4.69) is 267 Å². The highest BCUT2D eigenvalue weighted by atomic mass is 15.2. The molecule has 0 saturated carbocycles. The molecule has 3 nitrogen and oxygen atoms in total. The molecule has 0 aliphatic carbocycles. The Morgan fingerprint density at radius 2 is 0.709 bits per heavy atom. The lowest BCUT2D eigenvalue weighted by Gasteiger charge is -2.46. The summed E-state index contributed by atoms with van der Waals surface area (Å²) in [7, 11) is 0. The lowest BCUT2D eigenvalue weighted by molar-refractivity contribution is 0.592. The lowest BCUT2D eigenvalue weighted by Crippen LogP contribution is -2.61. The maximum absolute atomic E-state index is 9.72. The summed E-state index contributed by atoms with van der Waals surface area (Å²) in [6.07, 6.45) is 0. The summed E-state index contributed by atoms with van der Waals surface area (Å²) in [5, 5.41) is 0.0295. The van der Waals surface area contributed by atoms with Crippen LogP contribution in [0.25, 0.3) is 94.3 Å². The molecule has 13 aromatic carbocycles. The van der Waals surface area contributed by atoms with Crippen molar-refractivity contribution in [1.29, 1.82) is 0 Å². The van der Waals surface area contributed by atoms with Gasteiger partial charge in [-0.3, -0.25) is 0 Å². The molecule has 0 radical (unpaired) electrons. The molecule has 0 atom stereocenters. The van der Waals surface area contributed by atoms with Gasteiger partial charge < -0.3 is 14.4 Å². The fourth-order valence-corrected chi connectivity index (χ4v) is 13.6. The van der Waals surface area contributed by atoms with Crippen molar-refractivity contribution < 1.29 is 11.0 Å². The lowest BCUT2D eigenvalue weighted by atomic mass is 9.33. The zero-order valence-electron chi connectivity index (χ0n) is 55.7. The molecule has 0 N–H and O–H groups in total. The van der Waals surface area contributed by atoms with Crippen LogP contribution >= 0.6 is 0 Å². The van der Waals surface area contributed by atoms with Crippen LogP contribution < -0.4 is 26.2 Å². The first-order chi connectivity index (χ1) is 45.7. The van der Waals surface area contributed by atoms with Crippen LogP contribution in [0, 0.1) is 0 Å². The molecular weight excluding hydrogens is 1040 g/mol. The van der Waals surface area contributed by atoms with Crippen LogP contribution in [0.15, 0.2) is 309 Å². The average molecular weight is 1110 g/mol. The predicted molar refractivity (Wildman–Crippen MR) is 366 cm³/mol. The maximum Gasteiger partial charge on any atom is 0.252 e. The van der Waals surface area contributed by atoms with Crippen LogP contribution in [0.4, 0.5) is 34.1 Å². The van der Waals surface area contributed by atoms with Crippen LogP contribution in [0.1, 0.15) is 37.3 Å².